The van der Waals surface area contributed by atoms with E-state index in [0.717, 1.165) is 91.5 Å². The molecule has 0 spiro atoms. The number of aryl methyl sites for hydroxylation is 1. The molecule has 12 heteroatoms. The van der Waals surface area contributed by atoms with Crippen molar-refractivity contribution in [1.82, 2.24) is 24.6 Å². The molecular formula is C34H40KN6O5+. The minimum absolute atomic E-state index is 0. The molecule has 2 aromatic carbocycles. The van der Waals surface area contributed by atoms with Crippen molar-refractivity contribution in [3.05, 3.63) is 87.6 Å². The molecule has 46 heavy (non-hydrogen) atoms. The van der Waals surface area contributed by atoms with Crippen molar-refractivity contribution in [2.75, 3.05) is 13.2 Å². The van der Waals surface area contributed by atoms with E-state index < -0.39 is 6.41 Å². The monoisotopic (exact) mass is 651 g/mol. The van der Waals surface area contributed by atoms with Crippen LogP contribution in [0.2, 0.25) is 0 Å². The smallest absolute Gasteiger partial charge is 0.376 e. The van der Waals surface area contributed by atoms with Crippen LogP contribution in [0.4, 0.5) is 0 Å². The van der Waals surface area contributed by atoms with Crippen molar-refractivity contribution < 1.29 is 70.8 Å². The van der Waals surface area contributed by atoms with Crippen molar-refractivity contribution in [2.24, 2.45) is 4.99 Å². The molecule has 1 saturated heterocycles. The topological polar surface area (TPSA) is 125 Å². The average molecular weight is 652 g/mol. The van der Waals surface area contributed by atoms with Gasteiger partial charge < -0.3 is 14.6 Å². The number of hydrogen-bond donors (Lipinski definition) is 2. The van der Waals surface area contributed by atoms with E-state index >= 15 is 0 Å². The van der Waals surface area contributed by atoms with Crippen LogP contribution in [0.1, 0.15) is 80.3 Å². The Balaban J connectivity index is 0.00000372. The van der Waals surface area contributed by atoms with Gasteiger partial charge in [0.05, 0.1) is 24.5 Å². The van der Waals surface area contributed by atoms with Gasteiger partial charge in [-0.3, -0.25) is 9.36 Å². The summed E-state index contributed by atoms with van der Waals surface area (Å²) in [6.07, 6.45) is 8.63. The SMILES string of the molecule is CCCc1c(Cc2ccc(-c3ccccc3C3=NC(O)ON3)cc2)c(=O)n(C2CCC(OCC3CCCO3)CC2)c2ncnn12.[K+]. The number of aliphatic imine (C=N–C) groups is 1. The second-order valence-electron chi connectivity index (χ2n) is 12.2. The van der Waals surface area contributed by atoms with E-state index in [9.17, 15) is 9.90 Å². The minimum atomic E-state index is -1.22. The van der Waals surface area contributed by atoms with Crippen LogP contribution < -0.4 is 62.4 Å². The van der Waals surface area contributed by atoms with Gasteiger partial charge in [-0.1, -0.05) is 61.9 Å². The van der Waals surface area contributed by atoms with Gasteiger partial charge in [0, 0.05) is 30.2 Å². The number of hydroxylamine groups is 1. The number of nitrogens with one attached hydrogen (secondary N) is 1. The molecule has 2 unspecified atom stereocenters. The van der Waals surface area contributed by atoms with Gasteiger partial charge in [0.25, 0.3) is 12.0 Å². The third-order valence-corrected chi connectivity index (χ3v) is 9.19. The van der Waals surface area contributed by atoms with Gasteiger partial charge in [0.1, 0.15) is 6.33 Å². The number of rotatable bonds is 10. The molecular weight excluding hydrogens is 612 g/mol. The predicted molar refractivity (Wildman–Crippen MR) is 169 cm³/mol. The van der Waals surface area contributed by atoms with E-state index in [0.29, 0.717) is 24.6 Å². The molecule has 4 heterocycles. The van der Waals surface area contributed by atoms with Gasteiger partial charge in [-0.15, -0.1) is 0 Å². The van der Waals surface area contributed by atoms with Crippen molar-refractivity contribution >= 4 is 11.6 Å². The molecule has 2 N–H and O–H groups in total. The van der Waals surface area contributed by atoms with Crippen LogP contribution in [0.15, 0.2) is 64.6 Å². The molecule has 0 bridgehead atoms. The van der Waals surface area contributed by atoms with Gasteiger partial charge in [-0.05, 0) is 61.6 Å². The second kappa shape index (κ2) is 15.3. The van der Waals surface area contributed by atoms with E-state index in [1.54, 1.807) is 6.33 Å². The fourth-order valence-corrected chi connectivity index (χ4v) is 6.91. The maximum absolute atomic E-state index is 14.3. The van der Waals surface area contributed by atoms with E-state index in [1.807, 2.05) is 33.3 Å². The molecule has 0 radical (unpaired) electrons. The number of ether oxygens (including phenoxy) is 2. The predicted octanol–water partition coefficient (Wildman–Crippen LogP) is 1.34. The van der Waals surface area contributed by atoms with Crippen LogP contribution in [0, 0.1) is 0 Å². The van der Waals surface area contributed by atoms with E-state index in [1.165, 1.54) is 0 Å². The quantitative estimate of drug-likeness (QED) is 0.247. The van der Waals surface area contributed by atoms with Gasteiger partial charge in [0.15, 0.2) is 5.84 Å². The maximum atomic E-state index is 14.3. The molecule has 2 aliphatic heterocycles. The number of amidine groups is 1. The molecule has 236 valence electrons. The summed E-state index contributed by atoms with van der Waals surface area (Å²) in [4.78, 5) is 28.0. The number of hydrogen-bond acceptors (Lipinski definition) is 9. The molecule has 7 rings (SSSR count). The molecule has 2 aromatic heterocycles. The van der Waals surface area contributed by atoms with E-state index in [2.05, 4.69) is 51.7 Å². The Hall–Kier alpha value is -2.26. The Bertz CT molecular complexity index is 1720. The molecule has 2 atom stereocenters. The normalized spacial score (nSPS) is 22.9. The summed E-state index contributed by atoms with van der Waals surface area (Å²) in [5, 5.41) is 14.3. The molecule has 0 amide bonds. The Morgan fingerprint density at radius 3 is 2.52 bits per heavy atom. The van der Waals surface area contributed by atoms with Crippen LogP contribution in [0.3, 0.4) is 0 Å². The van der Waals surface area contributed by atoms with Crippen LogP contribution in [-0.2, 0) is 27.2 Å². The summed E-state index contributed by atoms with van der Waals surface area (Å²) in [5.74, 6) is 1.11. The molecule has 2 fully saturated rings. The maximum Gasteiger partial charge on any atom is 1.00 e. The van der Waals surface area contributed by atoms with Crippen molar-refractivity contribution in [1.29, 1.82) is 0 Å². The molecule has 3 aliphatic rings. The largest absolute Gasteiger partial charge is 1.00 e. The van der Waals surface area contributed by atoms with Crippen LogP contribution >= 0.6 is 0 Å². The van der Waals surface area contributed by atoms with Gasteiger partial charge >= 0.3 is 51.4 Å². The Morgan fingerprint density at radius 2 is 1.83 bits per heavy atom. The molecule has 4 aromatic rings. The number of aliphatic hydroxyl groups is 1. The zero-order valence-electron chi connectivity index (χ0n) is 26.6. The first-order chi connectivity index (χ1) is 22.1. The zero-order chi connectivity index (χ0) is 30.8. The third-order valence-electron chi connectivity index (χ3n) is 9.19. The van der Waals surface area contributed by atoms with Gasteiger partial charge in [-0.25, -0.2) is 19.8 Å². The summed E-state index contributed by atoms with van der Waals surface area (Å²) >= 11 is 0. The summed E-state index contributed by atoms with van der Waals surface area (Å²) in [6, 6.07) is 16.2. The average Bonchev–Trinajstić information content (AvgIpc) is 3.86. The van der Waals surface area contributed by atoms with Crippen molar-refractivity contribution in [3.63, 3.8) is 0 Å². The summed E-state index contributed by atoms with van der Waals surface area (Å²) in [6.45, 7) is 3.62. The van der Waals surface area contributed by atoms with Crippen molar-refractivity contribution in [2.45, 2.75) is 89.4 Å². The Labute approximate surface area is 310 Å². The van der Waals surface area contributed by atoms with Crippen LogP contribution in [-0.4, -0.2) is 61.9 Å². The number of aliphatic hydroxyl groups excluding tert-OH is 1. The van der Waals surface area contributed by atoms with Crippen molar-refractivity contribution in [3.8, 4) is 11.1 Å². The number of benzene rings is 2. The van der Waals surface area contributed by atoms with Gasteiger partial charge in [-0.2, -0.15) is 10.1 Å². The fourth-order valence-electron chi connectivity index (χ4n) is 6.91. The first-order valence-electron chi connectivity index (χ1n) is 16.1. The number of nitrogens with zero attached hydrogens (tertiary/aromatic N) is 5. The molecule has 1 aliphatic carbocycles. The summed E-state index contributed by atoms with van der Waals surface area (Å²) in [7, 11) is 0. The zero-order valence-corrected chi connectivity index (χ0v) is 29.7. The van der Waals surface area contributed by atoms with Crippen LogP contribution in [0.25, 0.3) is 16.9 Å². The second-order valence-corrected chi connectivity index (χ2v) is 12.2. The number of fused-ring (bicyclic) bond motifs is 1. The number of aromatic nitrogens is 4. The Kier molecular flexibility index (Phi) is 11.2. The first kappa shape index (κ1) is 33.6. The van der Waals surface area contributed by atoms with Gasteiger partial charge in [0.2, 0.25) is 5.78 Å². The summed E-state index contributed by atoms with van der Waals surface area (Å²) < 4.78 is 15.7. The standard InChI is InChI=1S/C34H40N6O5.K/c1-2-6-30-29(19-22-10-12-23(13-11-22)27-8-3-4-9-28(27)31-37-34(42)45-38-31)32(41)39(33-35-21-36-40(30)33)24-14-16-25(17-15-24)44-20-26-7-5-18-43-26;/h3-4,8-13,21,24-26,34,42H,2,5-7,14-20H2,1H3,(H,37,38);/q;+1. The van der Waals surface area contributed by atoms with E-state index in [4.69, 9.17) is 14.3 Å². The molecule has 1 saturated carbocycles. The van der Waals surface area contributed by atoms with Crippen LogP contribution in [0.5, 0.6) is 0 Å². The van der Waals surface area contributed by atoms with E-state index in [-0.39, 0.29) is 75.2 Å². The third kappa shape index (κ3) is 7.10. The summed E-state index contributed by atoms with van der Waals surface area (Å²) in [5.41, 5.74) is 8.26. The Morgan fingerprint density at radius 1 is 1.04 bits per heavy atom. The minimum Gasteiger partial charge on any atom is -0.376 e. The molecule has 11 nitrogen and oxygen atoms in total. The first-order valence-corrected chi connectivity index (χ1v) is 16.1. The fraction of sp³-hybridized carbons (Fsp3) is 0.471.